The fraction of sp³-hybridized carbons (Fsp3) is 0.304. The minimum atomic E-state index is -4.40. The number of halogens is 4. The van der Waals surface area contributed by atoms with Crippen molar-refractivity contribution in [2.45, 2.75) is 19.3 Å². The molecule has 0 aliphatic heterocycles. The van der Waals surface area contributed by atoms with Gasteiger partial charge in [0.05, 0.1) is 12.1 Å². The van der Waals surface area contributed by atoms with Gasteiger partial charge in [-0.3, -0.25) is 4.79 Å². The monoisotopic (exact) mass is 464 g/mol. The fourth-order valence-electron chi connectivity index (χ4n) is 3.20. The van der Waals surface area contributed by atoms with Crippen LogP contribution in [0.5, 0.6) is 0 Å². The Hall–Kier alpha value is -2.84. The quantitative estimate of drug-likeness (QED) is 0.480. The number of imidazole rings is 1. The van der Waals surface area contributed by atoms with Crippen molar-refractivity contribution in [1.82, 2.24) is 19.4 Å². The summed E-state index contributed by atoms with van der Waals surface area (Å²) >= 11 is 5.94. The van der Waals surface area contributed by atoms with Gasteiger partial charge in [0.1, 0.15) is 5.82 Å². The van der Waals surface area contributed by atoms with E-state index in [9.17, 15) is 18.0 Å². The normalized spacial score (nSPS) is 11.7. The Morgan fingerprint density at radius 1 is 1.09 bits per heavy atom. The molecule has 0 radical (unpaired) electrons. The van der Waals surface area contributed by atoms with Crippen molar-refractivity contribution < 1.29 is 18.0 Å². The molecule has 170 valence electrons. The van der Waals surface area contributed by atoms with Gasteiger partial charge in [0, 0.05) is 42.6 Å². The summed E-state index contributed by atoms with van der Waals surface area (Å²) in [5.74, 6) is 0.417. The SMILES string of the molecule is CN(C)CCN(Cc1nccn1Cc1cccc(C(F)(F)F)c1)C(=O)c1ccc(Cl)cc1. The number of hydrogen-bond donors (Lipinski definition) is 0. The van der Waals surface area contributed by atoms with Gasteiger partial charge < -0.3 is 14.4 Å². The Morgan fingerprint density at radius 2 is 1.81 bits per heavy atom. The predicted molar refractivity (Wildman–Crippen MR) is 118 cm³/mol. The van der Waals surface area contributed by atoms with Crippen molar-refractivity contribution >= 4 is 17.5 Å². The van der Waals surface area contributed by atoms with E-state index in [1.165, 1.54) is 6.07 Å². The predicted octanol–water partition coefficient (Wildman–Crippen LogP) is 4.81. The Balaban J connectivity index is 1.81. The molecule has 0 bridgehead atoms. The largest absolute Gasteiger partial charge is 0.416 e. The molecule has 0 unspecified atom stereocenters. The fourth-order valence-corrected chi connectivity index (χ4v) is 3.32. The summed E-state index contributed by atoms with van der Waals surface area (Å²) in [6, 6.07) is 11.9. The molecule has 0 spiro atoms. The van der Waals surface area contributed by atoms with Gasteiger partial charge in [0.15, 0.2) is 0 Å². The van der Waals surface area contributed by atoms with Crippen molar-refractivity contribution in [2.24, 2.45) is 0 Å². The number of alkyl halides is 3. The molecule has 2 aromatic carbocycles. The van der Waals surface area contributed by atoms with Crippen LogP contribution < -0.4 is 0 Å². The zero-order valence-electron chi connectivity index (χ0n) is 17.8. The highest BCUT2D eigenvalue weighted by Crippen LogP contribution is 2.29. The summed E-state index contributed by atoms with van der Waals surface area (Å²) in [7, 11) is 3.83. The Labute approximate surface area is 190 Å². The number of hydrogen-bond acceptors (Lipinski definition) is 3. The van der Waals surface area contributed by atoms with Gasteiger partial charge in [-0.25, -0.2) is 4.98 Å². The number of rotatable bonds is 8. The lowest BCUT2D eigenvalue weighted by atomic mass is 10.1. The molecule has 1 aromatic heterocycles. The van der Waals surface area contributed by atoms with Gasteiger partial charge >= 0.3 is 6.18 Å². The van der Waals surface area contributed by atoms with Crippen LogP contribution in [0.4, 0.5) is 13.2 Å². The summed E-state index contributed by atoms with van der Waals surface area (Å²) in [5.41, 5.74) is 0.314. The smallest absolute Gasteiger partial charge is 0.330 e. The van der Waals surface area contributed by atoms with Crippen molar-refractivity contribution in [2.75, 3.05) is 27.2 Å². The standard InChI is InChI=1S/C23H24ClF3N4O/c1-29(2)12-13-31(22(32)18-6-8-20(24)9-7-18)16-21-28-10-11-30(21)15-17-4-3-5-19(14-17)23(25,26)27/h3-11,14H,12-13,15-16H2,1-2H3. The van der Waals surface area contributed by atoms with Crippen molar-refractivity contribution in [3.63, 3.8) is 0 Å². The number of aromatic nitrogens is 2. The molecular formula is C23H24ClF3N4O. The number of carbonyl (C=O) groups excluding carboxylic acids is 1. The minimum Gasteiger partial charge on any atom is -0.330 e. The van der Waals surface area contributed by atoms with E-state index < -0.39 is 11.7 Å². The number of carbonyl (C=O) groups is 1. The molecule has 3 aromatic rings. The lowest BCUT2D eigenvalue weighted by Crippen LogP contribution is -2.37. The number of benzene rings is 2. The highest BCUT2D eigenvalue weighted by atomic mass is 35.5. The summed E-state index contributed by atoms with van der Waals surface area (Å²) in [6.07, 6.45) is -1.12. The average molecular weight is 465 g/mol. The van der Waals surface area contributed by atoms with Crippen LogP contribution in [0.1, 0.15) is 27.3 Å². The highest BCUT2D eigenvalue weighted by Gasteiger charge is 2.30. The summed E-state index contributed by atoms with van der Waals surface area (Å²) in [4.78, 5) is 21.1. The minimum absolute atomic E-state index is 0.169. The van der Waals surface area contributed by atoms with E-state index in [0.717, 1.165) is 12.1 Å². The van der Waals surface area contributed by atoms with Gasteiger partial charge in [-0.05, 0) is 56.1 Å². The first kappa shape index (κ1) is 23.8. The van der Waals surface area contributed by atoms with Crippen molar-refractivity contribution in [3.05, 3.63) is 88.5 Å². The van der Waals surface area contributed by atoms with Crippen LogP contribution in [0.15, 0.2) is 60.9 Å². The molecule has 0 aliphatic rings. The van der Waals surface area contributed by atoms with E-state index in [-0.39, 0.29) is 19.0 Å². The van der Waals surface area contributed by atoms with Gasteiger partial charge in [0.2, 0.25) is 0 Å². The summed E-state index contributed by atoms with van der Waals surface area (Å²) in [6.45, 7) is 1.55. The van der Waals surface area contributed by atoms with E-state index >= 15 is 0 Å². The number of amides is 1. The van der Waals surface area contributed by atoms with Crippen LogP contribution in [0.3, 0.4) is 0 Å². The van der Waals surface area contributed by atoms with Crippen LogP contribution in [0, 0.1) is 0 Å². The van der Waals surface area contributed by atoms with E-state index in [4.69, 9.17) is 11.6 Å². The number of likely N-dealkylation sites (N-methyl/N-ethyl adjacent to an activating group) is 1. The molecule has 0 fully saturated rings. The van der Waals surface area contributed by atoms with Gasteiger partial charge in [-0.15, -0.1) is 0 Å². The molecule has 1 heterocycles. The zero-order chi connectivity index (χ0) is 23.3. The summed E-state index contributed by atoms with van der Waals surface area (Å²) in [5, 5.41) is 0.540. The third-order valence-corrected chi connectivity index (χ3v) is 5.19. The van der Waals surface area contributed by atoms with Crippen LogP contribution >= 0.6 is 11.6 Å². The lowest BCUT2D eigenvalue weighted by molar-refractivity contribution is -0.137. The van der Waals surface area contributed by atoms with Gasteiger partial charge in [-0.2, -0.15) is 13.2 Å². The van der Waals surface area contributed by atoms with Gasteiger partial charge in [0.25, 0.3) is 5.91 Å². The van der Waals surface area contributed by atoms with Crippen LogP contribution in [0.2, 0.25) is 5.02 Å². The molecule has 0 aliphatic carbocycles. The van der Waals surface area contributed by atoms with Crippen LogP contribution in [0.25, 0.3) is 0 Å². The second-order valence-corrected chi connectivity index (χ2v) is 8.14. The molecule has 32 heavy (non-hydrogen) atoms. The molecule has 1 amide bonds. The zero-order valence-corrected chi connectivity index (χ0v) is 18.6. The maximum absolute atomic E-state index is 13.1. The Bertz CT molecular complexity index is 1050. The van der Waals surface area contributed by atoms with Crippen LogP contribution in [-0.4, -0.2) is 52.4 Å². The molecule has 0 atom stereocenters. The van der Waals surface area contributed by atoms with Crippen LogP contribution in [-0.2, 0) is 19.3 Å². The molecule has 9 heteroatoms. The van der Waals surface area contributed by atoms with E-state index in [2.05, 4.69) is 4.98 Å². The van der Waals surface area contributed by atoms with Crippen molar-refractivity contribution in [1.29, 1.82) is 0 Å². The van der Waals surface area contributed by atoms with Gasteiger partial charge in [-0.1, -0.05) is 23.7 Å². The first-order valence-corrected chi connectivity index (χ1v) is 10.4. The third kappa shape index (κ3) is 6.34. The Kier molecular flexibility index (Phi) is 7.58. The molecular weight excluding hydrogens is 441 g/mol. The highest BCUT2D eigenvalue weighted by molar-refractivity contribution is 6.30. The average Bonchev–Trinajstić information content (AvgIpc) is 3.17. The maximum Gasteiger partial charge on any atom is 0.416 e. The molecule has 0 N–H and O–H groups in total. The van der Waals surface area contributed by atoms with E-state index in [1.54, 1.807) is 52.2 Å². The Morgan fingerprint density at radius 3 is 2.47 bits per heavy atom. The maximum atomic E-state index is 13.1. The lowest BCUT2D eigenvalue weighted by Gasteiger charge is -2.25. The second-order valence-electron chi connectivity index (χ2n) is 7.71. The molecule has 0 saturated heterocycles. The molecule has 3 rings (SSSR count). The topological polar surface area (TPSA) is 41.4 Å². The van der Waals surface area contributed by atoms with E-state index in [1.807, 2.05) is 19.0 Å². The first-order valence-electron chi connectivity index (χ1n) is 9.99. The van der Waals surface area contributed by atoms with E-state index in [0.29, 0.717) is 35.1 Å². The molecule has 5 nitrogen and oxygen atoms in total. The third-order valence-electron chi connectivity index (χ3n) is 4.94. The molecule has 0 saturated carbocycles. The first-order chi connectivity index (χ1) is 15.1. The second kappa shape index (κ2) is 10.2. The summed E-state index contributed by atoms with van der Waals surface area (Å²) < 4.78 is 40.9. The van der Waals surface area contributed by atoms with Crippen molar-refractivity contribution in [3.8, 4) is 0 Å². The number of nitrogens with zero attached hydrogens (tertiary/aromatic N) is 4.